The van der Waals surface area contributed by atoms with E-state index in [1.807, 2.05) is 0 Å². The van der Waals surface area contributed by atoms with Crippen LogP contribution in [0, 0.1) is 0 Å². The van der Waals surface area contributed by atoms with Gasteiger partial charge in [-0.1, -0.05) is 18.2 Å². The van der Waals surface area contributed by atoms with Crippen molar-refractivity contribution < 1.29 is 13.5 Å². The van der Waals surface area contributed by atoms with Crippen LogP contribution >= 0.6 is 0 Å². The van der Waals surface area contributed by atoms with Crippen molar-refractivity contribution in [3.63, 3.8) is 0 Å². The summed E-state index contributed by atoms with van der Waals surface area (Å²) in [5, 5.41) is 9.32. The lowest BCUT2D eigenvalue weighted by Crippen LogP contribution is -2.13. The lowest BCUT2D eigenvalue weighted by Gasteiger charge is -1.97. The summed E-state index contributed by atoms with van der Waals surface area (Å²) >= 11 is 0. The fraction of sp³-hybridized carbons (Fsp3) is 0. The van der Waals surface area contributed by atoms with Gasteiger partial charge in [0, 0.05) is 6.07 Å². The van der Waals surface area contributed by atoms with Crippen molar-refractivity contribution in [3.8, 4) is 0 Å². The van der Waals surface area contributed by atoms with E-state index in [9.17, 15) is 8.42 Å². The van der Waals surface area contributed by atoms with E-state index in [2.05, 4.69) is 15.4 Å². The van der Waals surface area contributed by atoms with E-state index in [0.29, 0.717) is 0 Å². The third-order valence-corrected chi connectivity index (χ3v) is 3.50. The Balaban J connectivity index is 2.55. The fourth-order valence-corrected chi connectivity index (χ4v) is 2.27. The second kappa shape index (κ2) is 3.74. The van der Waals surface area contributed by atoms with Crippen molar-refractivity contribution in [2.24, 2.45) is 0 Å². The SMILES string of the molecule is O=S(=O)(c1ccccc1)c1cc[nH+]nn1. The highest BCUT2D eigenvalue weighted by Crippen LogP contribution is 2.16. The minimum atomic E-state index is -3.53. The molecule has 0 aliphatic rings. The van der Waals surface area contributed by atoms with Gasteiger partial charge < -0.3 is 0 Å². The Kier molecular flexibility index (Phi) is 2.42. The monoisotopic (exact) mass is 222 g/mol. The molecular formula is C9H8N3O2S+. The van der Waals surface area contributed by atoms with Crippen LogP contribution in [0.5, 0.6) is 0 Å². The Bertz CT molecular complexity index is 495. The number of aromatic amines is 1. The summed E-state index contributed by atoms with van der Waals surface area (Å²) in [6.07, 6.45) is 1.42. The number of aromatic nitrogens is 3. The molecule has 1 heterocycles. The van der Waals surface area contributed by atoms with Crippen LogP contribution in [0.1, 0.15) is 0 Å². The Hall–Kier alpha value is -1.82. The maximum Gasteiger partial charge on any atom is 0.302 e. The summed E-state index contributed by atoms with van der Waals surface area (Å²) in [5.41, 5.74) is 0. The van der Waals surface area contributed by atoms with Crippen LogP contribution in [-0.2, 0) is 9.84 Å². The van der Waals surface area contributed by atoms with E-state index in [4.69, 9.17) is 0 Å². The van der Waals surface area contributed by atoms with Crippen molar-refractivity contribution in [2.75, 3.05) is 0 Å². The van der Waals surface area contributed by atoms with Gasteiger partial charge in [0.05, 0.1) is 9.99 Å². The minimum absolute atomic E-state index is 0.0625. The molecule has 0 unspecified atom stereocenters. The molecule has 2 rings (SSSR count). The van der Waals surface area contributed by atoms with Crippen LogP contribution < -0.4 is 5.10 Å². The van der Waals surface area contributed by atoms with Crippen molar-refractivity contribution in [1.82, 2.24) is 10.3 Å². The van der Waals surface area contributed by atoms with Gasteiger partial charge in [-0.3, -0.25) is 0 Å². The van der Waals surface area contributed by atoms with Gasteiger partial charge in [0.1, 0.15) is 11.4 Å². The molecule has 0 bridgehead atoms. The second-order valence-corrected chi connectivity index (χ2v) is 4.71. The van der Waals surface area contributed by atoms with Gasteiger partial charge in [0.25, 0.3) is 0 Å². The van der Waals surface area contributed by atoms with Gasteiger partial charge >= 0.3 is 5.03 Å². The predicted octanol–water partition coefficient (Wildman–Crippen LogP) is 0.123. The molecular weight excluding hydrogens is 214 g/mol. The zero-order chi connectivity index (χ0) is 10.7. The molecule has 0 fully saturated rings. The lowest BCUT2D eigenvalue weighted by molar-refractivity contribution is -0.465. The van der Waals surface area contributed by atoms with Gasteiger partial charge in [-0.15, -0.1) is 0 Å². The fourth-order valence-electron chi connectivity index (χ4n) is 1.12. The summed E-state index contributed by atoms with van der Waals surface area (Å²) in [5.74, 6) is 0. The molecule has 15 heavy (non-hydrogen) atoms. The largest absolute Gasteiger partial charge is 0.302 e. The molecule has 0 amide bonds. The zero-order valence-electron chi connectivity index (χ0n) is 7.66. The average Bonchev–Trinajstić information content (AvgIpc) is 2.31. The molecule has 2 aromatic rings. The van der Waals surface area contributed by atoms with E-state index in [0.717, 1.165) is 0 Å². The Morgan fingerprint density at radius 3 is 2.40 bits per heavy atom. The minimum Gasteiger partial charge on any atom is -0.214 e. The smallest absolute Gasteiger partial charge is 0.214 e. The van der Waals surface area contributed by atoms with Crippen molar-refractivity contribution in [3.05, 3.63) is 42.6 Å². The van der Waals surface area contributed by atoms with Crippen LogP contribution in [0.15, 0.2) is 52.5 Å². The molecule has 0 spiro atoms. The molecule has 5 nitrogen and oxygen atoms in total. The van der Waals surface area contributed by atoms with E-state index < -0.39 is 9.84 Å². The molecule has 76 valence electrons. The molecule has 0 saturated heterocycles. The number of sulfone groups is 1. The van der Waals surface area contributed by atoms with Gasteiger partial charge in [-0.2, -0.15) is 5.10 Å². The first-order valence-corrected chi connectivity index (χ1v) is 5.69. The molecule has 0 atom stereocenters. The first-order chi connectivity index (χ1) is 7.21. The highest BCUT2D eigenvalue weighted by atomic mass is 32.2. The van der Waals surface area contributed by atoms with Gasteiger partial charge in [-0.05, 0) is 12.1 Å². The summed E-state index contributed by atoms with van der Waals surface area (Å²) in [6, 6.07) is 9.49. The molecule has 0 radical (unpaired) electrons. The molecule has 1 aromatic carbocycles. The maximum absolute atomic E-state index is 11.9. The molecule has 6 heteroatoms. The van der Waals surface area contributed by atoms with Crippen LogP contribution in [-0.4, -0.2) is 18.7 Å². The normalized spacial score (nSPS) is 11.2. The predicted molar refractivity (Wildman–Crippen MR) is 50.5 cm³/mol. The number of nitrogens with zero attached hydrogens (tertiary/aromatic N) is 2. The van der Waals surface area contributed by atoms with E-state index in [-0.39, 0.29) is 9.92 Å². The van der Waals surface area contributed by atoms with Crippen molar-refractivity contribution >= 4 is 9.84 Å². The maximum atomic E-state index is 11.9. The Labute approximate surface area is 86.7 Å². The van der Waals surface area contributed by atoms with Gasteiger partial charge in [0.15, 0.2) is 0 Å². The second-order valence-electron chi connectivity index (χ2n) is 2.82. The summed E-state index contributed by atoms with van der Waals surface area (Å²) in [4.78, 5) is 0.213. The number of H-pyrrole nitrogens is 1. The Morgan fingerprint density at radius 2 is 1.80 bits per heavy atom. The molecule has 1 aromatic heterocycles. The summed E-state index contributed by atoms with van der Waals surface area (Å²) < 4.78 is 23.8. The molecule has 0 aliphatic heterocycles. The highest BCUT2D eigenvalue weighted by Gasteiger charge is 2.23. The molecule has 0 saturated carbocycles. The number of nitrogens with one attached hydrogen (secondary N) is 1. The lowest BCUT2D eigenvalue weighted by atomic mass is 10.4. The molecule has 0 aliphatic carbocycles. The first kappa shape index (κ1) is 9.72. The number of hydrogen-bond donors (Lipinski definition) is 0. The number of rotatable bonds is 2. The van der Waals surface area contributed by atoms with Crippen LogP contribution in [0.4, 0.5) is 0 Å². The third kappa shape index (κ3) is 1.84. The quantitative estimate of drug-likeness (QED) is 0.723. The standard InChI is InChI=1S/C9H7N3O2S/c13-15(14,8-4-2-1-3-5-8)9-6-7-10-12-11-9/h1-7H/p+1. The van der Waals surface area contributed by atoms with Gasteiger partial charge in [-0.25, -0.2) is 8.42 Å². The highest BCUT2D eigenvalue weighted by molar-refractivity contribution is 7.91. The van der Waals surface area contributed by atoms with Crippen LogP contribution in [0.25, 0.3) is 0 Å². The topological polar surface area (TPSA) is 74.1 Å². The van der Waals surface area contributed by atoms with Gasteiger partial charge in [0.2, 0.25) is 9.84 Å². The molecule has 1 N–H and O–H groups in total. The van der Waals surface area contributed by atoms with Crippen molar-refractivity contribution in [1.29, 1.82) is 0 Å². The van der Waals surface area contributed by atoms with E-state index in [1.54, 1.807) is 18.2 Å². The Morgan fingerprint density at radius 1 is 1.07 bits per heavy atom. The average molecular weight is 222 g/mol. The zero-order valence-corrected chi connectivity index (χ0v) is 8.48. The number of benzene rings is 1. The van der Waals surface area contributed by atoms with E-state index >= 15 is 0 Å². The summed E-state index contributed by atoms with van der Waals surface area (Å²) in [6.45, 7) is 0. The van der Waals surface area contributed by atoms with Crippen LogP contribution in [0.2, 0.25) is 0 Å². The number of hydrogen-bond acceptors (Lipinski definition) is 4. The van der Waals surface area contributed by atoms with E-state index in [1.165, 1.54) is 24.4 Å². The van der Waals surface area contributed by atoms with Crippen LogP contribution in [0.3, 0.4) is 0 Å². The summed E-state index contributed by atoms with van der Waals surface area (Å²) in [7, 11) is -3.53. The van der Waals surface area contributed by atoms with Crippen molar-refractivity contribution in [2.45, 2.75) is 9.92 Å². The third-order valence-electron chi connectivity index (χ3n) is 1.84. The first-order valence-electron chi connectivity index (χ1n) is 4.21.